The van der Waals surface area contributed by atoms with Crippen LogP contribution >= 0.6 is 11.3 Å². The predicted octanol–water partition coefficient (Wildman–Crippen LogP) is 12.2. The van der Waals surface area contributed by atoms with Gasteiger partial charge in [-0.05, 0) is 54.6 Å². The van der Waals surface area contributed by atoms with Crippen molar-refractivity contribution in [2.45, 2.75) is 0 Å². The molecule has 0 N–H and O–H groups in total. The first-order chi connectivity index (χ1) is 27.4. The highest BCUT2D eigenvalue weighted by Crippen LogP contribution is 2.42. The molecule has 0 spiro atoms. The van der Waals surface area contributed by atoms with E-state index in [1.807, 2.05) is 48.5 Å². The lowest BCUT2D eigenvalue weighted by Crippen LogP contribution is -2.00. The second-order valence-corrected chi connectivity index (χ2v) is 13.5. The summed E-state index contributed by atoms with van der Waals surface area (Å²) < 4.78 is 53.6. The monoisotopic (exact) mass is 675 g/mol. The summed E-state index contributed by atoms with van der Waals surface area (Å²) in [7, 11) is 0. The van der Waals surface area contributed by atoms with Gasteiger partial charge in [0.05, 0.1) is 29.1 Å². The molecule has 4 heterocycles. The van der Waals surface area contributed by atoms with Crippen molar-refractivity contribution in [1.29, 1.82) is 0 Å². The number of benzene rings is 7. The molecule has 0 atom stereocenters. The van der Waals surface area contributed by atoms with Crippen LogP contribution in [0.15, 0.2) is 162 Å². The van der Waals surface area contributed by atoms with Crippen LogP contribution in [-0.4, -0.2) is 19.5 Å². The van der Waals surface area contributed by atoms with Gasteiger partial charge in [0.15, 0.2) is 17.5 Å². The van der Waals surface area contributed by atoms with Crippen molar-refractivity contribution in [3.05, 3.63) is 158 Å². The summed E-state index contributed by atoms with van der Waals surface area (Å²) in [4.78, 5) is 14.7. The second-order valence-electron chi connectivity index (χ2n) is 12.4. The molecule has 0 bridgehead atoms. The van der Waals surface area contributed by atoms with Crippen LogP contribution in [0.4, 0.5) is 0 Å². The van der Waals surface area contributed by atoms with E-state index in [9.17, 15) is 0 Å². The van der Waals surface area contributed by atoms with E-state index < -0.39 is 30.2 Å². The summed E-state index contributed by atoms with van der Waals surface area (Å²) >= 11 is 1.71. The van der Waals surface area contributed by atoms with Crippen LogP contribution < -0.4 is 0 Å². The lowest BCUT2D eigenvalue weighted by Gasteiger charge is -2.11. The Bertz CT molecular complexity index is 3380. The van der Waals surface area contributed by atoms with Gasteiger partial charge in [0.2, 0.25) is 0 Å². The predicted molar refractivity (Wildman–Crippen MR) is 211 cm³/mol. The first kappa shape index (κ1) is 23.7. The fraction of sp³-hybridized carbons (Fsp3) is 0. The number of nitrogens with zero attached hydrogens (tertiary/aromatic N) is 4. The van der Waals surface area contributed by atoms with Gasteiger partial charge in [-0.2, -0.15) is 0 Å². The molecular weight excluding hydrogens is 645 g/mol. The third-order valence-corrected chi connectivity index (χ3v) is 10.7. The van der Waals surface area contributed by atoms with Crippen LogP contribution in [0.25, 0.3) is 104 Å². The minimum atomic E-state index is -0.487. The molecule has 0 radical (unpaired) electrons. The van der Waals surface area contributed by atoms with Crippen molar-refractivity contribution in [2.75, 3.05) is 0 Å². The zero-order valence-corrected chi connectivity index (χ0v) is 27.5. The van der Waals surface area contributed by atoms with E-state index in [2.05, 4.69) is 83.4 Å². The van der Waals surface area contributed by atoms with E-state index in [-0.39, 0.29) is 17.2 Å². The molecule has 0 aliphatic heterocycles. The van der Waals surface area contributed by atoms with Crippen molar-refractivity contribution in [3.63, 3.8) is 0 Å². The third-order valence-electron chi connectivity index (χ3n) is 9.56. The standard InChI is InChI=1S/C45H26N4OS/c1-2-12-27(13-3-1)43-46-44(48-45(47-43)33-18-10-17-32-31-16-6-9-22-38(31)50-42(32)33)28-24-25-39-34(26-28)41-37(21-11-23-40(41)51-39)49-35-19-7-4-14-29(35)30-15-5-8-20-36(30)49/h1-26H/i1D,2D,3D,12D,13D. The van der Waals surface area contributed by atoms with E-state index in [1.165, 1.54) is 10.8 Å². The summed E-state index contributed by atoms with van der Waals surface area (Å²) in [5.41, 5.74) is 5.74. The molecule has 6 heteroatoms. The average molecular weight is 676 g/mol. The number of rotatable bonds is 4. The maximum Gasteiger partial charge on any atom is 0.167 e. The van der Waals surface area contributed by atoms with Crippen LogP contribution in [0.1, 0.15) is 6.85 Å². The smallest absolute Gasteiger partial charge is 0.167 e. The number of furan rings is 1. The van der Waals surface area contributed by atoms with Gasteiger partial charge in [0, 0.05) is 52.8 Å². The van der Waals surface area contributed by atoms with Crippen LogP contribution in [-0.2, 0) is 0 Å². The van der Waals surface area contributed by atoms with Crippen molar-refractivity contribution >= 4 is 75.3 Å². The fourth-order valence-corrected chi connectivity index (χ4v) is 8.45. The summed E-state index contributed by atoms with van der Waals surface area (Å²) in [6.45, 7) is 0. The molecule has 0 unspecified atom stereocenters. The van der Waals surface area contributed by atoms with Crippen molar-refractivity contribution in [2.24, 2.45) is 0 Å². The van der Waals surface area contributed by atoms with Gasteiger partial charge in [0.1, 0.15) is 11.2 Å². The highest BCUT2D eigenvalue weighted by atomic mass is 32.1. The number of fused-ring (bicyclic) bond motifs is 9. The average Bonchev–Trinajstić information content (AvgIpc) is 3.91. The first-order valence-electron chi connectivity index (χ1n) is 19.0. The maximum atomic E-state index is 8.82. The Morgan fingerprint density at radius 2 is 1.20 bits per heavy atom. The Morgan fingerprint density at radius 3 is 2.00 bits per heavy atom. The summed E-state index contributed by atoms with van der Waals surface area (Å²) in [6.07, 6.45) is 0. The van der Waals surface area contributed by atoms with Crippen LogP contribution in [0, 0.1) is 0 Å². The van der Waals surface area contributed by atoms with Crippen LogP contribution in [0.3, 0.4) is 0 Å². The number of hydrogen-bond donors (Lipinski definition) is 0. The molecule has 238 valence electrons. The molecule has 11 rings (SSSR count). The Hall–Kier alpha value is -6.63. The molecule has 0 amide bonds. The molecule has 11 aromatic rings. The molecular formula is C45H26N4OS. The van der Waals surface area contributed by atoms with Gasteiger partial charge in [-0.3, -0.25) is 0 Å². The SMILES string of the molecule is [2H]c1c([2H])c([2H])c(-c2nc(-c3ccc4sc5cccc(-n6c7ccccc7c7ccccc76)c5c4c3)nc(-c3cccc4c3oc3ccccc34)n2)c([2H])c1[2H]. The molecule has 5 nitrogen and oxygen atoms in total. The Morgan fingerprint density at radius 1 is 0.529 bits per heavy atom. The molecule has 0 saturated carbocycles. The molecule has 0 aliphatic rings. The van der Waals surface area contributed by atoms with Crippen LogP contribution in [0.2, 0.25) is 0 Å². The minimum Gasteiger partial charge on any atom is -0.455 e. The van der Waals surface area contributed by atoms with E-state index >= 15 is 0 Å². The van der Waals surface area contributed by atoms with Crippen LogP contribution in [0.5, 0.6) is 0 Å². The van der Waals surface area contributed by atoms with E-state index in [0.29, 0.717) is 28.1 Å². The lowest BCUT2D eigenvalue weighted by molar-refractivity contribution is 0.669. The topological polar surface area (TPSA) is 56.7 Å². The maximum absolute atomic E-state index is 8.82. The van der Waals surface area contributed by atoms with E-state index in [4.69, 9.17) is 26.2 Å². The number of aromatic nitrogens is 4. The zero-order valence-electron chi connectivity index (χ0n) is 31.7. The third kappa shape index (κ3) is 4.30. The zero-order chi connectivity index (χ0) is 37.8. The van der Waals surface area contributed by atoms with Gasteiger partial charge in [0.25, 0.3) is 0 Å². The Labute approximate surface area is 302 Å². The number of hydrogen-bond acceptors (Lipinski definition) is 5. The first-order valence-corrected chi connectivity index (χ1v) is 17.4. The highest BCUT2D eigenvalue weighted by molar-refractivity contribution is 7.25. The quantitative estimate of drug-likeness (QED) is 0.186. The highest BCUT2D eigenvalue weighted by Gasteiger charge is 2.20. The molecule has 51 heavy (non-hydrogen) atoms. The summed E-state index contributed by atoms with van der Waals surface area (Å²) in [6, 6.07) is 40.8. The second kappa shape index (κ2) is 10.9. The summed E-state index contributed by atoms with van der Waals surface area (Å²) in [5.74, 6) is 0.514. The van der Waals surface area contributed by atoms with Gasteiger partial charge >= 0.3 is 0 Å². The van der Waals surface area contributed by atoms with Gasteiger partial charge in [-0.15, -0.1) is 11.3 Å². The van der Waals surface area contributed by atoms with Gasteiger partial charge < -0.3 is 8.98 Å². The van der Waals surface area contributed by atoms with Gasteiger partial charge in [-0.25, -0.2) is 15.0 Å². The van der Waals surface area contributed by atoms with Crippen molar-refractivity contribution < 1.29 is 11.3 Å². The normalized spacial score (nSPS) is 13.3. The van der Waals surface area contributed by atoms with Gasteiger partial charge in [-0.1, -0.05) is 103 Å². The fourth-order valence-electron chi connectivity index (χ4n) is 7.34. The van der Waals surface area contributed by atoms with E-state index in [1.54, 1.807) is 11.3 Å². The largest absolute Gasteiger partial charge is 0.455 e. The minimum absolute atomic E-state index is 0.0312. The number of thiophene rings is 1. The lowest BCUT2D eigenvalue weighted by atomic mass is 10.1. The Kier molecular flexibility index (Phi) is 5.08. The molecule has 0 saturated heterocycles. The number of para-hydroxylation sites is 4. The molecule has 4 aromatic heterocycles. The van der Waals surface area contributed by atoms with Crippen molar-refractivity contribution in [3.8, 4) is 39.9 Å². The summed E-state index contributed by atoms with van der Waals surface area (Å²) in [5, 5.41) is 6.29. The van der Waals surface area contributed by atoms with Crippen molar-refractivity contribution in [1.82, 2.24) is 19.5 Å². The Balaban J connectivity index is 1.19. The van der Waals surface area contributed by atoms with E-state index in [0.717, 1.165) is 47.7 Å². The molecule has 0 aliphatic carbocycles. The molecule has 7 aromatic carbocycles. The molecule has 0 fully saturated rings.